The predicted octanol–water partition coefficient (Wildman–Crippen LogP) is 8.42. The molecule has 3 N–H and O–H groups in total. The Morgan fingerprint density at radius 3 is 2.36 bits per heavy atom. The Balaban J connectivity index is 1.30. The minimum Gasteiger partial charge on any atom is -0.497 e. The van der Waals surface area contributed by atoms with Crippen LogP contribution in [0.5, 0.6) is 17.2 Å². The third-order valence-corrected chi connectivity index (χ3v) is 7.87. The van der Waals surface area contributed by atoms with Crippen molar-refractivity contribution in [3.8, 4) is 17.2 Å². The second-order valence-corrected chi connectivity index (χ2v) is 12.7. The van der Waals surface area contributed by atoms with Crippen LogP contribution >= 0.6 is 0 Å². The van der Waals surface area contributed by atoms with Gasteiger partial charge >= 0.3 is 0 Å². The molecule has 0 bridgehead atoms. The summed E-state index contributed by atoms with van der Waals surface area (Å²) in [6.07, 6.45) is 5.34. The number of hydrogen-bond acceptors (Lipinski definition) is 7. The van der Waals surface area contributed by atoms with Gasteiger partial charge < -0.3 is 25.1 Å². The summed E-state index contributed by atoms with van der Waals surface area (Å²) in [6.45, 7) is 11.2. The van der Waals surface area contributed by atoms with Crippen molar-refractivity contribution in [2.45, 2.75) is 52.5 Å². The topological polar surface area (TPSA) is 119 Å². The standard InChI is InChI=1S/C37H39N7O3/c1-23(2)26-15-18-38-31(21-26)42-36(45)25-9-13-28(14-10-25)47-30-17-20-40-35-32(30)34(41-29-16-19-39-33(29)37(3,4)5)43-44(35)22-24-7-11-27(46-6)12-8-24/h7-21,23,39H,22H2,1-6H3,(H,41,43)(H,38,42,45). The molecule has 6 aromatic rings. The van der Waals surface area contributed by atoms with Gasteiger partial charge in [-0.1, -0.05) is 46.8 Å². The molecule has 0 saturated carbocycles. The van der Waals surface area contributed by atoms with Crippen LogP contribution in [-0.4, -0.2) is 37.7 Å². The molecule has 0 saturated heterocycles. The average Bonchev–Trinajstić information content (AvgIpc) is 3.67. The van der Waals surface area contributed by atoms with Gasteiger partial charge in [0.25, 0.3) is 5.91 Å². The number of H-pyrrole nitrogens is 1. The minimum atomic E-state index is -0.247. The molecule has 240 valence electrons. The van der Waals surface area contributed by atoms with Crippen molar-refractivity contribution in [2.75, 3.05) is 17.7 Å². The van der Waals surface area contributed by atoms with E-state index in [9.17, 15) is 4.79 Å². The molecule has 47 heavy (non-hydrogen) atoms. The van der Waals surface area contributed by atoms with E-state index < -0.39 is 0 Å². The molecule has 4 heterocycles. The van der Waals surface area contributed by atoms with Crippen LogP contribution in [0.2, 0.25) is 0 Å². The molecular formula is C37H39N7O3. The molecule has 0 fully saturated rings. The fraction of sp³-hybridized carbons (Fsp3) is 0.243. The molecule has 10 heteroatoms. The van der Waals surface area contributed by atoms with Crippen LogP contribution in [0.4, 0.5) is 17.3 Å². The molecule has 0 aliphatic heterocycles. The van der Waals surface area contributed by atoms with Crippen molar-refractivity contribution in [3.63, 3.8) is 0 Å². The number of rotatable bonds is 10. The number of methoxy groups -OCH3 is 1. The first-order valence-electron chi connectivity index (χ1n) is 15.6. The lowest BCUT2D eigenvalue weighted by Gasteiger charge is -2.19. The monoisotopic (exact) mass is 629 g/mol. The van der Waals surface area contributed by atoms with Crippen molar-refractivity contribution in [2.24, 2.45) is 0 Å². The minimum absolute atomic E-state index is 0.119. The Morgan fingerprint density at radius 2 is 1.66 bits per heavy atom. The largest absolute Gasteiger partial charge is 0.497 e. The SMILES string of the molecule is COc1ccc(Cn2nc(Nc3cc[nH]c3C(C)(C)C)c3c(Oc4ccc(C(=O)Nc5cc(C(C)C)ccn5)cc4)ccnc32)cc1. The number of hydrogen-bond donors (Lipinski definition) is 3. The average molecular weight is 630 g/mol. The van der Waals surface area contributed by atoms with Gasteiger partial charge in [-0.25, -0.2) is 14.6 Å². The lowest BCUT2D eigenvalue weighted by molar-refractivity contribution is 0.102. The number of aromatic amines is 1. The zero-order valence-electron chi connectivity index (χ0n) is 27.5. The third-order valence-electron chi connectivity index (χ3n) is 7.87. The summed E-state index contributed by atoms with van der Waals surface area (Å²) in [4.78, 5) is 25.4. The van der Waals surface area contributed by atoms with Crippen LogP contribution in [0.3, 0.4) is 0 Å². The lowest BCUT2D eigenvalue weighted by Crippen LogP contribution is -2.13. The second kappa shape index (κ2) is 13.0. The molecule has 0 unspecified atom stereocenters. The van der Waals surface area contributed by atoms with Crippen molar-refractivity contribution < 1.29 is 14.3 Å². The Labute approximate surface area is 274 Å². The maximum Gasteiger partial charge on any atom is 0.256 e. The van der Waals surface area contributed by atoms with E-state index in [1.54, 1.807) is 43.8 Å². The summed E-state index contributed by atoms with van der Waals surface area (Å²) in [5.41, 5.74) is 5.17. The van der Waals surface area contributed by atoms with Crippen LogP contribution in [0, 0.1) is 0 Å². The number of fused-ring (bicyclic) bond motifs is 1. The van der Waals surface area contributed by atoms with Gasteiger partial charge in [0, 0.05) is 41.3 Å². The number of carbonyl (C=O) groups excluding carboxylic acids is 1. The number of amides is 1. The van der Waals surface area contributed by atoms with Gasteiger partial charge in [0.15, 0.2) is 11.5 Å². The van der Waals surface area contributed by atoms with E-state index in [0.29, 0.717) is 46.8 Å². The smallest absolute Gasteiger partial charge is 0.256 e. The molecule has 4 aromatic heterocycles. The van der Waals surface area contributed by atoms with Crippen molar-refractivity contribution in [3.05, 3.63) is 114 Å². The normalized spacial score (nSPS) is 11.6. The fourth-order valence-corrected chi connectivity index (χ4v) is 5.34. The zero-order chi connectivity index (χ0) is 33.1. The molecule has 6 rings (SSSR count). The quantitative estimate of drug-likeness (QED) is 0.139. The second-order valence-electron chi connectivity index (χ2n) is 12.7. The van der Waals surface area contributed by atoms with E-state index in [4.69, 9.17) is 19.6 Å². The molecule has 1 amide bonds. The van der Waals surface area contributed by atoms with E-state index in [1.807, 2.05) is 59.4 Å². The number of nitrogens with zero attached hydrogens (tertiary/aromatic N) is 4. The third kappa shape index (κ3) is 6.96. The molecule has 0 aliphatic carbocycles. The molecule has 0 radical (unpaired) electrons. The van der Waals surface area contributed by atoms with Crippen LogP contribution in [0.1, 0.15) is 67.7 Å². The van der Waals surface area contributed by atoms with E-state index in [0.717, 1.165) is 33.6 Å². The highest BCUT2D eigenvalue weighted by atomic mass is 16.5. The molecule has 0 aliphatic rings. The molecule has 0 spiro atoms. The molecular weight excluding hydrogens is 590 g/mol. The Hall–Kier alpha value is -5.64. The molecule has 2 aromatic carbocycles. The van der Waals surface area contributed by atoms with Crippen LogP contribution in [0.25, 0.3) is 11.0 Å². The van der Waals surface area contributed by atoms with Crippen LogP contribution in [-0.2, 0) is 12.0 Å². The predicted molar refractivity (Wildman–Crippen MR) is 185 cm³/mol. The van der Waals surface area contributed by atoms with Gasteiger partial charge in [-0.2, -0.15) is 5.10 Å². The summed E-state index contributed by atoms with van der Waals surface area (Å²) in [5.74, 6) is 3.16. The number of benzene rings is 2. The molecule has 0 atom stereocenters. The zero-order valence-corrected chi connectivity index (χ0v) is 27.5. The van der Waals surface area contributed by atoms with Crippen molar-refractivity contribution >= 4 is 34.3 Å². The number of nitrogens with one attached hydrogen (secondary N) is 3. The van der Waals surface area contributed by atoms with E-state index in [2.05, 4.69) is 55.2 Å². The van der Waals surface area contributed by atoms with Crippen molar-refractivity contribution in [1.29, 1.82) is 0 Å². The summed E-state index contributed by atoms with van der Waals surface area (Å²) in [5, 5.41) is 12.2. The Kier molecular flexibility index (Phi) is 8.67. The van der Waals surface area contributed by atoms with Gasteiger partial charge in [0.05, 0.1) is 19.3 Å². The summed E-state index contributed by atoms with van der Waals surface area (Å²) in [7, 11) is 1.65. The lowest BCUT2D eigenvalue weighted by atomic mass is 9.91. The first kappa shape index (κ1) is 31.3. The number of pyridine rings is 2. The number of carbonyl (C=O) groups is 1. The van der Waals surface area contributed by atoms with Gasteiger partial charge in [0.1, 0.15) is 28.5 Å². The van der Waals surface area contributed by atoms with E-state index >= 15 is 0 Å². The number of anilines is 3. The van der Waals surface area contributed by atoms with Crippen LogP contribution < -0.4 is 20.1 Å². The van der Waals surface area contributed by atoms with E-state index in [1.165, 1.54) is 0 Å². The van der Waals surface area contributed by atoms with Crippen molar-refractivity contribution in [1.82, 2.24) is 24.7 Å². The maximum atomic E-state index is 13.0. The Bertz CT molecular complexity index is 2000. The van der Waals surface area contributed by atoms with E-state index in [-0.39, 0.29) is 11.3 Å². The fourth-order valence-electron chi connectivity index (χ4n) is 5.34. The number of aromatic nitrogens is 5. The highest BCUT2D eigenvalue weighted by Gasteiger charge is 2.23. The maximum absolute atomic E-state index is 13.0. The summed E-state index contributed by atoms with van der Waals surface area (Å²) >= 11 is 0. The highest BCUT2D eigenvalue weighted by molar-refractivity contribution is 6.04. The van der Waals surface area contributed by atoms with Gasteiger partial charge in [0.2, 0.25) is 0 Å². The van der Waals surface area contributed by atoms with Crippen LogP contribution in [0.15, 0.2) is 91.4 Å². The summed E-state index contributed by atoms with van der Waals surface area (Å²) < 4.78 is 13.6. The number of ether oxygens (including phenoxy) is 2. The van der Waals surface area contributed by atoms with Gasteiger partial charge in [-0.05, 0) is 71.6 Å². The Morgan fingerprint density at radius 1 is 0.936 bits per heavy atom. The van der Waals surface area contributed by atoms with Gasteiger partial charge in [-0.15, -0.1) is 0 Å². The molecule has 10 nitrogen and oxygen atoms in total. The van der Waals surface area contributed by atoms with Gasteiger partial charge in [-0.3, -0.25) is 4.79 Å². The first-order valence-corrected chi connectivity index (χ1v) is 15.6. The first-order chi connectivity index (χ1) is 22.6. The summed E-state index contributed by atoms with van der Waals surface area (Å²) in [6, 6.07) is 22.6. The highest BCUT2D eigenvalue weighted by Crippen LogP contribution is 2.38.